The van der Waals surface area contributed by atoms with E-state index >= 15 is 0 Å². The van der Waals surface area contributed by atoms with Crippen molar-refractivity contribution < 1.29 is 24.2 Å². The maximum atomic E-state index is 12.2. The van der Waals surface area contributed by atoms with Crippen LogP contribution in [-0.4, -0.2) is 54.0 Å². The zero-order valence-corrected chi connectivity index (χ0v) is 13.9. The SMILES string of the molecule is COC(C(=O)O)C1(C2CCCN(C(=O)OC(C)(C)C)C2)CC1. The van der Waals surface area contributed by atoms with Crippen LogP contribution in [0.2, 0.25) is 0 Å². The molecule has 0 aromatic carbocycles. The van der Waals surface area contributed by atoms with Gasteiger partial charge in [-0.15, -0.1) is 0 Å². The monoisotopic (exact) mass is 313 g/mol. The number of hydrogen-bond donors (Lipinski definition) is 1. The molecule has 6 heteroatoms. The predicted octanol–water partition coefficient (Wildman–Crippen LogP) is 2.51. The number of carbonyl (C=O) groups excluding carboxylic acids is 1. The summed E-state index contributed by atoms with van der Waals surface area (Å²) in [5, 5.41) is 9.38. The fourth-order valence-corrected chi connectivity index (χ4v) is 3.55. The van der Waals surface area contributed by atoms with Crippen LogP contribution in [0, 0.1) is 11.3 Å². The summed E-state index contributed by atoms with van der Waals surface area (Å²) in [5.74, 6) is -0.746. The summed E-state index contributed by atoms with van der Waals surface area (Å²) in [5.41, 5.74) is -0.835. The molecule has 0 aromatic heterocycles. The molecule has 1 saturated carbocycles. The van der Waals surface area contributed by atoms with E-state index < -0.39 is 17.7 Å². The number of nitrogens with zero attached hydrogens (tertiary/aromatic N) is 1. The van der Waals surface area contributed by atoms with Crippen molar-refractivity contribution in [1.82, 2.24) is 4.90 Å². The Morgan fingerprint density at radius 2 is 1.95 bits per heavy atom. The molecule has 2 fully saturated rings. The van der Waals surface area contributed by atoms with Crippen LogP contribution in [0.25, 0.3) is 0 Å². The normalized spacial score (nSPS) is 25.5. The van der Waals surface area contributed by atoms with Gasteiger partial charge in [0.05, 0.1) is 0 Å². The maximum Gasteiger partial charge on any atom is 0.410 e. The Morgan fingerprint density at radius 3 is 2.41 bits per heavy atom. The highest BCUT2D eigenvalue weighted by atomic mass is 16.6. The Hall–Kier alpha value is -1.30. The molecule has 1 aliphatic carbocycles. The van der Waals surface area contributed by atoms with E-state index in [9.17, 15) is 14.7 Å². The van der Waals surface area contributed by atoms with Crippen molar-refractivity contribution in [2.45, 2.75) is 58.2 Å². The van der Waals surface area contributed by atoms with Gasteiger partial charge in [0.25, 0.3) is 0 Å². The third kappa shape index (κ3) is 3.54. The lowest BCUT2D eigenvalue weighted by molar-refractivity contribution is -0.155. The first-order chi connectivity index (χ1) is 10.2. The van der Waals surface area contributed by atoms with E-state index in [0.29, 0.717) is 13.1 Å². The van der Waals surface area contributed by atoms with Gasteiger partial charge in [0.2, 0.25) is 0 Å². The molecule has 0 radical (unpaired) electrons. The Morgan fingerprint density at radius 1 is 1.32 bits per heavy atom. The molecule has 2 rings (SSSR count). The van der Waals surface area contributed by atoms with Crippen molar-refractivity contribution in [1.29, 1.82) is 0 Å². The van der Waals surface area contributed by atoms with Crippen LogP contribution in [0.1, 0.15) is 46.5 Å². The summed E-state index contributed by atoms with van der Waals surface area (Å²) in [6.07, 6.45) is 2.43. The third-order valence-electron chi connectivity index (χ3n) is 4.70. The standard InChI is InChI=1S/C16H27NO5/c1-15(2,3)22-14(20)17-9-5-6-11(10-17)16(7-8-16)12(21-4)13(18)19/h11-12H,5-10H2,1-4H3,(H,18,19). The number of carboxylic acid groups (broad SMARTS) is 1. The third-order valence-corrected chi connectivity index (χ3v) is 4.70. The first-order valence-corrected chi connectivity index (χ1v) is 7.93. The molecule has 1 amide bonds. The summed E-state index contributed by atoms with van der Waals surface area (Å²) < 4.78 is 10.7. The molecule has 2 aliphatic rings. The molecule has 22 heavy (non-hydrogen) atoms. The van der Waals surface area contributed by atoms with Crippen molar-refractivity contribution in [2.75, 3.05) is 20.2 Å². The van der Waals surface area contributed by atoms with Gasteiger partial charge in [-0.3, -0.25) is 0 Å². The van der Waals surface area contributed by atoms with E-state index in [2.05, 4.69) is 0 Å². The summed E-state index contributed by atoms with van der Waals surface area (Å²) in [6, 6.07) is 0. The Bertz CT molecular complexity index is 438. The zero-order valence-electron chi connectivity index (χ0n) is 13.9. The van der Waals surface area contributed by atoms with Crippen molar-refractivity contribution in [3.63, 3.8) is 0 Å². The second-order valence-electron chi connectivity index (χ2n) is 7.45. The number of piperidine rings is 1. The molecular weight excluding hydrogens is 286 g/mol. The van der Waals surface area contributed by atoms with E-state index in [1.165, 1.54) is 7.11 Å². The van der Waals surface area contributed by atoms with Gasteiger partial charge in [0.15, 0.2) is 6.10 Å². The minimum atomic E-state index is -0.908. The summed E-state index contributed by atoms with van der Waals surface area (Å²) in [4.78, 5) is 25.4. The molecule has 2 unspecified atom stereocenters. The quantitative estimate of drug-likeness (QED) is 0.863. The minimum absolute atomic E-state index is 0.162. The van der Waals surface area contributed by atoms with Crippen LogP contribution in [0.3, 0.4) is 0 Å². The number of carboxylic acids is 1. The fraction of sp³-hybridized carbons (Fsp3) is 0.875. The van der Waals surface area contributed by atoms with Gasteiger partial charge in [-0.05, 0) is 52.4 Å². The number of carbonyl (C=O) groups is 2. The zero-order chi connectivity index (χ0) is 16.5. The topological polar surface area (TPSA) is 76.1 Å². The first kappa shape index (κ1) is 17.1. The van der Waals surface area contributed by atoms with E-state index in [1.807, 2.05) is 20.8 Å². The lowest BCUT2D eigenvalue weighted by Gasteiger charge is -2.39. The van der Waals surface area contributed by atoms with E-state index in [-0.39, 0.29) is 17.4 Å². The number of hydrogen-bond acceptors (Lipinski definition) is 4. The lowest BCUT2D eigenvalue weighted by Crippen LogP contribution is -2.48. The predicted molar refractivity (Wildman–Crippen MR) is 80.6 cm³/mol. The number of likely N-dealkylation sites (tertiary alicyclic amines) is 1. The van der Waals surface area contributed by atoms with Crippen molar-refractivity contribution in [3.05, 3.63) is 0 Å². The van der Waals surface area contributed by atoms with Gasteiger partial charge in [-0.25, -0.2) is 9.59 Å². The van der Waals surface area contributed by atoms with E-state index in [4.69, 9.17) is 9.47 Å². The van der Waals surface area contributed by atoms with Crippen molar-refractivity contribution >= 4 is 12.1 Å². The smallest absolute Gasteiger partial charge is 0.410 e. The second kappa shape index (κ2) is 6.07. The van der Waals surface area contributed by atoms with Crippen LogP contribution >= 0.6 is 0 Å². The van der Waals surface area contributed by atoms with Gasteiger partial charge in [0.1, 0.15) is 5.60 Å². The minimum Gasteiger partial charge on any atom is -0.479 e. The number of amides is 1. The van der Waals surface area contributed by atoms with Crippen molar-refractivity contribution in [2.24, 2.45) is 11.3 Å². The molecule has 126 valence electrons. The number of methoxy groups -OCH3 is 1. The first-order valence-electron chi connectivity index (χ1n) is 7.93. The molecule has 1 N–H and O–H groups in total. The highest BCUT2D eigenvalue weighted by molar-refractivity contribution is 5.74. The second-order valence-corrected chi connectivity index (χ2v) is 7.45. The van der Waals surface area contributed by atoms with Gasteiger partial charge in [-0.2, -0.15) is 0 Å². The molecule has 0 spiro atoms. The molecule has 0 aromatic rings. The largest absolute Gasteiger partial charge is 0.479 e. The molecule has 1 aliphatic heterocycles. The molecular formula is C16H27NO5. The molecule has 1 heterocycles. The van der Waals surface area contributed by atoms with Crippen LogP contribution in [0.4, 0.5) is 4.79 Å². The average Bonchev–Trinajstić information content (AvgIpc) is 3.19. The van der Waals surface area contributed by atoms with Crippen LogP contribution in [-0.2, 0) is 14.3 Å². The van der Waals surface area contributed by atoms with Crippen LogP contribution in [0.15, 0.2) is 0 Å². The van der Waals surface area contributed by atoms with Crippen molar-refractivity contribution in [3.8, 4) is 0 Å². The lowest BCUT2D eigenvalue weighted by atomic mass is 9.79. The highest BCUT2D eigenvalue weighted by Crippen LogP contribution is 2.58. The summed E-state index contributed by atoms with van der Waals surface area (Å²) >= 11 is 0. The van der Waals surface area contributed by atoms with E-state index in [0.717, 1.165) is 25.7 Å². The Balaban J connectivity index is 2.05. The molecule has 6 nitrogen and oxygen atoms in total. The van der Waals surface area contributed by atoms with Gasteiger partial charge in [0, 0.05) is 25.6 Å². The van der Waals surface area contributed by atoms with Gasteiger partial charge < -0.3 is 19.5 Å². The van der Waals surface area contributed by atoms with Crippen LogP contribution in [0.5, 0.6) is 0 Å². The Labute approximate surface area is 131 Å². The number of rotatable bonds is 4. The highest BCUT2D eigenvalue weighted by Gasteiger charge is 2.58. The number of ether oxygens (including phenoxy) is 2. The van der Waals surface area contributed by atoms with Gasteiger partial charge in [-0.1, -0.05) is 0 Å². The summed E-state index contributed by atoms with van der Waals surface area (Å²) in [7, 11) is 1.45. The average molecular weight is 313 g/mol. The summed E-state index contributed by atoms with van der Waals surface area (Å²) in [6.45, 7) is 6.77. The molecule has 0 bridgehead atoms. The Kier molecular flexibility index (Phi) is 4.70. The van der Waals surface area contributed by atoms with Crippen LogP contribution < -0.4 is 0 Å². The molecule has 1 saturated heterocycles. The maximum absolute atomic E-state index is 12.2. The van der Waals surface area contributed by atoms with Gasteiger partial charge >= 0.3 is 12.1 Å². The molecule has 2 atom stereocenters. The number of aliphatic carboxylic acids is 1. The fourth-order valence-electron chi connectivity index (χ4n) is 3.55. The van der Waals surface area contributed by atoms with E-state index in [1.54, 1.807) is 4.90 Å².